The van der Waals surface area contributed by atoms with Gasteiger partial charge < -0.3 is 10.6 Å². The molecule has 0 saturated heterocycles. The first kappa shape index (κ1) is 16.1. The van der Waals surface area contributed by atoms with Crippen LogP contribution in [0.5, 0.6) is 0 Å². The molecule has 0 radical (unpaired) electrons. The van der Waals surface area contributed by atoms with Crippen molar-refractivity contribution in [2.75, 3.05) is 7.05 Å². The minimum Gasteiger partial charge on any atom is -0.340 e. The van der Waals surface area contributed by atoms with Crippen molar-refractivity contribution in [1.82, 2.24) is 4.90 Å². The largest absolute Gasteiger partial charge is 0.340 e. The number of nitro groups is 1. The molecule has 0 aromatic heterocycles. The van der Waals surface area contributed by atoms with Gasteiger partial charge in [0.2, 0.25) is 5.91 Å². The van der Waals surface area contributed by atoms with Crippen LogP contribution < -0.4 is 5.73 Å². The highest BCUT2D eigenvalue weighted by molar-refractivity contribution is 5.81. The Morgan fingerprint density at radius 3 is 2.70 bits per heavy atom. The van der Waals surface area contributed by atoms with E-state index in [9.17, 15) is 14.9 Å². The van der Waals surface area contributed by atoms with Crippen LogP contribution in [-0.4, -0.2) is 28.8 Å². The van der Waals surface area contributed by atoms with E-state index in [1.807, 2.05) is 6.92 Å². The van der Waals surface area contributed by atoms with Crippen LogP contribution in [0.2, 0.25) is 0 Å². The van der Waals surface area contributed by atoms with Gasteiger partial charge in [0.05, 0.1) is 17.5 Å². The Balaban J connectivity index is 2.73. The summed E-state index contributed by atoms with van der Waals surface area (Å²) in [6, 6.07) is 5.88. The maximum absolute atomic E-state index is 12.1. The molecule has 0 aliphatic carbocycles. The maximum Gasteiger partial charge on any atom is 0.274 e. The Hall–Kier alpha value is -1.95. The van der Waals surface area contributed by atoms with Crippen LogP contribution in [0.4, 0.5) is 5.69 Å². The molecule has 6 nitrogen and oxygen atoms in total. The zero-order chi connectivity index (χ0) is 15.1. The van der Waals surface area contributed by atoms with Gasteiger partial charge in [0.15, 0.2) is 0 Å². The van der Waals surface area contributed by atoms with Crippen LogP contribution in [0, 0.1) is 10.1 Å². The quantitative estimate of drug-likeness (QED) is 0.611. The molecule has 1 amide bonds. The minimum absolute atomic E-state index is 0.0225. The fraction of sp³-hybridized carbons (Fsp3) is 0.500. The monoisotopic (exact) mass is 279 g/mol. The molecule has 110 valence electrons. The molecule has 2 N–H and O–H groups in total. The molecule has 20 heavy (non-hydrogen) atoms. The number of para-hydroxylation sites is 1. The Bertz CT molecular complexity index is 476. The summed E-state index contributed by atoms with van der Waals surface area (Å²) in [5.41, 5.74) is 6.36. The molecular weight excluding hydrogens is 258 g/mol. The zero-order valence-corrected chi connectivity index (χ0v) is 11.9. The smallest absolute Gasteiger partial charge is 0.274 e. The molecule has 0 spiro atoms. The first-order valence-corrected chi connectivity index (χ1v) is 6.70. The van der Waals surface area contributed by atoms with E-state index in [4.69, 9.17) is 5.73 Å². The normalized spacial score (nSPS) is 11.9. The van der Waals surface area contributed by atoms with Crippen LogP contribution in [-0.2, 0) is 11.3 Å². The fourth-order valence-corrected chi connectivity index (χ4v) is 1.99. The van der Waals surface area contributed by atoms with Gasteiger partial charge >= 0.3 is 0 Å². The van der Waals surface area contributed by atoms with E-state index >= 15 is 0 Å². The molecule has 1 atom stereocenters. The number of amides is 1. The standard InChI is InChI=1S/C14H21N3O3/c1-3-4-8-12(15)14(18)16(2)10-11-7-5-6-9-13(11)17(19)20/h5-7,9,12H,3-4,8,10,15H2,1-2H3. The van der Waals surface area contributed by atoms with Gasteiger partial charge in [-0.15, -0.1) is 0 Å². The molecule has 1 rings (SSSR count). The molecule has 1 aromatic rings. The molecule has 0 saturated carbocycles. The van der Waals surface area contributed by atoms with Crippen molar-refractivity contribution < 1.29 is 9.72 Å². The number of hydrogen-bond acceptors (Lipinski definition) is 4. The van der Waals surface area contributed by atoms with Crippen LogP contribution in [0.25, 0.3) is 0 Å². The summed E-state index contributed by atoms with van der Waals surface area (Å²) >= 11 is 0. The number of hydrogen-bond donors (Lipinski definition) is 1. The Morgan fingerprint density at radius 1 is 1.45 bits per heavy atom. The highest BCUT2D eigenvalue weighted by Gasteiger charge is 2.20. The van der Waals surface area contributed by atoms with Gasteiger partial charge in [-0.3, -0.25) is 14.9 Å². The zero-order valence-electron chi connectivity index (χ0n) is 11.9. The van der Waals surface area contributed by atoms with Gasteiger partial charge in [-0.05, 0) is 6.42 Å². The third-order valence-corrected chi connectivity index (χ3v) is 3.16. The van der Waals surface area contributed by atoms with E-state index in [1.54, 1.807) is 25.2 Å². The summed E-state index contributed by atoms with van der Waals surface area (Å²) in [5.74, 6) is -0.184. The minimum atomic E-state index is -0.539. The van der Waals surface area contributed by atoms with Crippen molar-refractivity contribution in [2.24, 2.45) is 5.73 Å². The van der Waals surface area contributed by atoms with Crippen LogP contribution in [0.1, 0.15) is 31.7 Å². The Morgan fingerprint density at radius 2 is 2.10 bits per heavy atom. The number of nitrogens with two attached hydrogens (primary N) is 1. The third-order valence-electron chi connectivity index (χ3n) is 3.16. The third kappa shape index (κ3) is 4.31. The SMILES string of the molecule is CCCCC(N)C(=O)N(C)Cc1ccccc1[N+](=O)[O-]. The van der Waals surface area contributed by atoms with Crippen molar-refractivity contribution in [3.63, 3.8) is 0 Å². The first-order chi connectivity index (χ1) is 9.47. The number of rotatable bonds is 7. The van der Waals surface area contributed by atoms with Crippen LogP contribution in [0.15, 0.2) is 24.3 Å². The highest BCUT2D eigenvalue weighted by Crippen LogP contribution is 2.19. The van der Waals surface area contributed by atoms with Crippen molar-refractivity contribution in [2.45, 2.75) is 38.8 Å². The van der Waals surface area contributed by atoms with Gasteiger partial charge in [0.25, 0.3) is 5.69 Å². The summed E-state index contributed by atoms with van der Waals surface area (Å²) in [4.78, 5) is 24.0. The first-order valence-electron chi connectivity index (χ1n) is 6.70. The molecule has 6 heteroatoms. The second-order valence-corrected chi connectivity index (χ2v) is 4.83. The van der Waals surface area contributed by atoms with Crippen LogP contribution in [0.3, 0.4) is 0 Å². The second-order valence-electron chi connectivity index (χ2n) is 4.83. The molecular formula is C14H21N3O3. The predicted molar refractivity (Wildman–Crippen MR) is 77.1 cm³/mol. The fourth-order valence-electron chi connectivity index (χ4n) is 1.99. The number of unbranched alkanes of at least 4 members (excludes halogenated alkanes) is 1. The molecule has 0 bridgehead atoms. The van der Waals surface area contributed by atoms with E-state index in [0.29, 0.717) is 12.0 Å². The lowest BCUT2D eigenvalue weighted by Gasteiger charge is -2.21. The van der Waals surface area contributed by atoms with Gasteiger partial charge in [-0.2, -0.15) is 0 Å². The molecule has 0 aliphatic rings. The number of carbonyl (C=O) groups excluding carboxylic acids is 1. The Labute approximate surface area is 118 Å². The van der Waals surface area contributed by atoms with E-state index in [2.05, 4.69) is 0 Å². The van der Waals surface area contributed by atoms with Crippen molar-refractivity contribution in [3.8, 4) is 0 Å². The summed E-state index contributed by atoms with van der Waals surface area (Å²) < 4.78 is 0. The summed E-state index contributed by atoms with van der Waals surface area (Å²) in [7, 11) is 1.62. The van der Waals surface area contributed by atoms with Crippen LogP contribution >= 0.6 is 0 Å². The van der Waals surface area contributed by atoms with Crippen molar-refractivity contribution >= 4 is 11.6 Å². The van der Waals surface area contributed by atoms with Gasteiger partial charge in [0, 0.05) is 18.7 Å². The molecule has 1 unspecified atom stereocenters. The maximum atomic E-state index is 12.1. The lowest BCUT2D eigenvalue weighted by Crippen LogP contribution is -2.41. The van der Waals surface area contributed by atoms with Gasteiger partial charge in [0.1, 0.15) is 0 Å². The second kappa shape index (κ2) is 7.59. The lowest BCUT2D eigenvalue weighted by molar-refractivity contribution is -0.385. The number of likely N-dealkylation sites (N-methyl/N-ethyl adjacent to an activating group) is 1. The molecule has 0 aliphatic heterocycles. The van der Waals surface area contributed by atoms with Crippen molar-refractivity contribution in [1.29, 1.82) is 0 Å². The average molecular weight is 279 g/mol. The average Bonchev–Trinajstić information content (AvgIpc) is 2.44. The number of benzene rings is 1. The number of nitro benzene ring substituents is 1. The summed E-state index contributed by atoms with van der Waals surface area (Å²) in [6.07, 6.45) is 2.51. The number of nitrogens with zero attached hydrogens (tertiary/aromatic N) is 2. The topological polar surface area (TPSA) is 89.5 Å². The van der Waals surface area contributed by atoms with E-state index < -0.39 is 11.0 Å². The summed E-state index contributed by atoms with van der Waals surface area (Å²) in [6.45, 7) is 2.23. The molecule has 0 heterocycles. The highest BCUT2D eigenvalue weighted by atomic mass is 16.6. The lowest BCUT2D eigenvalue weighted by atomic mass is 10.1. The van der Waals surface area contributed by atoms with Gasteiger partial charge in [-0.25, -0.2) is 0 Å². The van der Waals surface area contributed by atoms with E-state index in [-0.39, 0.29) is 18.1 Å². The number of carbonyl (C=O) groups is 1. The Kier molecular flexibility index (Phi) is 6.11. The summed E-state index contributed by atoms with van der Waals surface area (Å²) in [5, 5.41) is 10.9. The van der Waals surface area contributed by atoms with Crippen molar-refractivity contribution in [3.05, 3.63) is 39.9 Å². The molecule has 0 fully saturated rings. The predicted octanol–water partition coefficient (Wildman–Crippen LogP) is 2.07. The van der Waals surface area contributed by atoms with E-state index in [0.717, 1.165) is 12.8 Å². The van der Waals surface area contributed by atoms with E-state index in [1.165, 1.54) is 11.0 Å². The molecule has 1 aromatic carbocycles. The van der Waals surface area contributed by atoms with Gasteiger partial charge in [-0.1, -0.05) is 38.0 Å².